The highest BCUT2D eigenvalue weighted by Gasteiger charge is 2.48. The van der Waals surface area contributed by atoms with E-state index in [1.807, 2.05) is 97.1 Å². The molecule has 0 bridgehead atoms. The smallest absolute Gasteiger partial charge is 0.341 e. The summed E-state index contributed by atoms with van der Waals surface area (Å²) in [4.78, 5) is 79.7. The first-order valence-electron chi connectivity index (χ1n) is 47.3. The zero-order valence-corrected chi connectivity index (χ0v) is 78.5. The van der Waals surface area contributed by atoms with Crippen molar-refractivity contribution < 1.29 is 131 Å². The van der Waals surface area contributed by atoms with Crippen LogP contribution in [0.1, 0.15) is 236 Å². The largest absolute Gasteiger partial charge is 0.483 e. The highest BCUT2D eigenvalue weighted by atomic mass is 32.2. The predicted molar refractivity (Wildman–Crippen MR) is 519 cm³/mol. The summed E-state index contributed by atoms with van der Waals surface area (Å²) >= 11 is 0. The number of aliphatic hydroxyl groups is 9. The van der Waals surface area contributed by atoms with Gasteiger partial charge in [0.1, 0.15) is 42.5 Å². The zero-order chi connectivity index (χ0) is 96.9. The number of aliphatic hydroxyl groups excluding tert-OH is 9. The third-order valence-corrected chi connectivity index (χ3v) is 26.9. The number of fused-ring (bicyclic) bond motifs is 6. The van der Waals surface area contributed by atoms with Crippen molar-refractivity contribution in [2.24, 2.45) is 59.0 Å². The number of esters is 3. The highest BCUT2D eigenvalue weighted by Crippen LogP contribution is 2.52. The molecule has 0 radical (unpaired) electrons. The van der Waals surface area contributed by atoms with Crippen LogP contribution in [0.25, 0.3) is 0 Å². The summed E-state index contributed by atoms with van der Waals surface area (Å²) in [5.74, 6) is -0.194. The second-order valence-corrected chi connectivity index (χ2v) is 37.1. The van der Waals surface area contributed by atoms with Gasteiger partial charge in [-0.05, 0) is 251 Å². The Hall–Kier alpha value is -9.48. The molecule has 18 atom stereocenters. The molecule has 3 fully saturated rings. The Balaban J connectivity index is 0.000000369. The van der Waals surface area contributed by atoms with Crippen LogP contribution >= 0.6 is 0 Å². The van der Waals surface area contributed by atoms with Crippen LogP contribution in [0.5, 0.6) is 17.2 Å². The third-order valence-electron chi connectivity index (χ3n) is 26.0. The highest BCUT2D eigenvalue weighted by molar-refractivity contribution is 7.85. The molecule has 16 N–H and O–H groups in total. The number of benzene rings is 6. The number of carboxylic acid groups (broad SMARTS) is 2. The standard InChI is InChI=1S/C33H45NO7.C26H39NO7.C23H34O5.C10H13NO3.C6H6O3S.C4H8O2.3CH4/c1-2-3-5-12-25(36)14-15-26-27-16-23-11-8-13-31(28(23)17-24(27)18-30(26)37)40-21-32(38)34-29(19-35)33(39)41-20-22-9-6-4-7-10-22;1-2-3-4-7-18(29)9-10-19-20-11-16-6-5-8-24(21(16)12-17(20)13-23(19)30)34-15-25(31)27-22(14-28)26(32)33;1-2-3-4-7-17(24)9-10-18-19-11-15-6-5-8-22(28-14-23(26)27)20(15)12-16(19)13-21(18)25;11-9(6-12)10(13)14-7-8-4-2-1-3-5-8;7-10(8,9)6-4-2-1-3-5-6;1-3-6-4(2)5;;;/h4,6-11,13,24-27,29-30,35-37H,2-3,5,12,14-21H2,1H3,(H,34,38);5-6,8,17-20,22-23,28-30H,2-4,7,9-15H2,1H3,(H,27,31)(H,32,33);5-6,8,16-19,21,24-25H,2-4,7,9-14H2,1H3,(H,26,27);1-5,9,12H,6-7,11H2;1-5H,(H,7,8,9);3H2,1-2H3;3*1H4/t24-,25-,26+,27-,29?,30+;17-,18-,19+,20-,22?,23+;16-,17-,18+,19-,21+;9-;;;;;/m0000...../s1. The molecular formula is C105H157N3O27S. The fourth-order valence-electron chi connectivity index (χ4n) is 19.1. The Labute approximate surface area is 805 Å². The third kappa shape index (κ3) is 39.8. The minimum Gasteiger partial charge on any atom is -0.483 e. The molecule has 0 aliphatic heterocycles. The predicted octanol–water partition coefficient (Wildman–Crippen LogP) is 12.8. The molecule has 31 heteroatoms. The van der Waals surface area contributed by atoms with E-state index in [4.69, 9.17) is 54.4 Å². The summed E-state index contributed by atoms with van der Waals surface area (Å²) in [6.45, 7) is 7.74. The maximum Gasteiger partial charge on any atom is 0.341 e. The van der Waals surface area contributed by atoms with Crippen LogP contribution in [0.3, 0.4) is 0 Å². The molecule has 2 amide bonds. The molecular weight excluding hydrogens is 1770 g/mol. The van der Waals surface area contributed by atoms with E-state index in [9.17, 15) is 77.7 Å². The van der Waals surface area contributed by atoms with Crippen molar-refractivity contribution in [1.82, 2.24) is 10.6 Å². The van der Waals surface area contributed by atoms with Crippen LogP contribution in [0.4, 0.5) is 0 Å². The number of rotatable bonds is 44. The van der Waals surface area contributed by atoms with E-state index >= 15 is 0 Å². The van der Waals surface area contributed by atoms with Gasteiger partial charge >= 0.3 is 29.8 Å². The number of aliphatic carboxylic acids is 2. The normalized spacial score (nSPS) is 21.1. The van der Waals surface area contributed by atoms with Gasteiger partial charge in [-0.2, -0.15) is 8.42 Å². The van der Waals surface area contributed by atoms with Crippen LogP contribution < -0.4 is 30.6 Å². The lowest BCUT2D eigenvalue weighted by Crippen LogP contribution is -2.46. The van der Waals surface area contributed by atoms with Gasteiger partial charge in [-0.1, -0.05) is 216 Å². The maximum absolute atomic E-state index is 12.6. The van der Waals surface area contributed by atoms with Gasteiger partial charge in [-0.3, -0.25) is 23.7 Å². The van der Waals surface area contributed by atoms with Gasteiger partial charge < -0.3 is 101 Å². The molecule has 3 saturated carbocycles. The van der Waals surface area contributed by atoms with Gasteiger partial charge in [-0.15, -0.1) is 0 Å². The average molecular weight is 1930 g/mol. The van der Waals surface area contributed by atoms with Crippen molar-refractivity contribution in [2.75, 3.05) is 46.2 Å². The molecule has 12 rings (SSSR count). The number of nitrogens with two attached hydrogens (primary N) is 1. The van der Waals surface area contributed by atoms with Gasteiger partial charge in [0.2, 0.25) is 0 Å². The Kier molecular flexibility index (Phi) is 55.2. The van der Waals surface area contributed by atoms with E-state index in [-0.39, 0.29) is 121 Å². The fraction of sp³-hybridized carbons (Fsp3) is 0.590. The van der Waals surface area contributed by atoms with Crippen LogP contribution in [0.2, 0.25) is 0 Å². The fourth-order valence-corrected chi connectivity index (χ4v) is 19.6. The monoisotopic (exact) mass is 1920 g/mol. The van der Waals surface area contributed by atoms with Crippen molar-refractivity contribution in [3.63, 3.8) is 0 Å². The molecule has 6 aromatic carbocycles. The number of ether oxygens (including phenoxy) is 6. The Morgan fingerprint density at radius 1 is 0.426 bits per heavy atom. The summed E-state index contributed by atoms with van der Waals surface area (Å²) in [5.41, 5.74) is 13.7. The number of hydrogen-bond acceptors (Lipinski definition) is 25. The van der Waals surface area contributed by atoms with Gasteiger partial charge in [-0.25, -0.2) is 14.4 Å². The minimum atomic E-state index is -4.00. The molecule has 0 saturated heterocycles. The number of nitrogens with one attached hydrogen (secondary N) is 2. The number of carbonyl (C=O) groups excluding carboxylic acids is 5. The van der Waals surface area contributed by atoms with E-state index in [1.165, 1.54) is 30.2 Å². The first kappa shape index (κ1) is 119. The van der Waals surface area contributed by atoms with Crippen molar-refractivity contribution in [3.05, 3.63) is 190 Å². The number of carboxylic acids is 2. The van der Waals surface area contributed by atoms with Crippen LogP contribution in [-0.2, 0) is 110 Å². The Bertz CT molecular complexity index is 4590. The van der Waals surface area contributed by atoms with Crippen LogP contribution in [0.15, 0.2) is 150 Å². The van der Waals surface area contributed by atoms with E-state index in [2.05, 4.69) is 54.3 Å². The second kappa shape index (κ2) is 63.2. The van der Waals surface area contributed by atoms with Crippen molar-refractivity contribution >= 4 is 51.8 Å². The lowest BCUT2D eigenvalue weighted by Gasteiger charge is -2.32. The summed E-state index contributed by atoms with van der Waals surface area (Å²) in [5, 5.41) is 113. The molecule has 0 aromatic heterocycles. The molecule has 136 heavy (non-hydrogen) atoms. The zero-order valence-electron chi connectivity index (χ0n) is 77.7. The topological polar surface area (TPSA) is 502 Å². The molecule has 0 spiro atoms. The summed E-state index contributed by atoms with van der Waals surface area (Å²) in [7, 11) is -4.00. The van der Waals surface area contributed by atoms with Gasteiger partial charge in [0.25, 0.3) is 21.9 Å². The van der Waals surface area contributed by atoms with Crippen LogP contribution in [0, 0.1) is 53.3 Å². The number of amides is 2. The summed E-state index contributed by atoms with van der Waals surface area (Å²) in [6, 6.07) is 39.9. The molecule has 6 aliphatic carbocycles. The second-order valence-electron chi connectivity index (χ2n) is 35.7. The number of carbonyl (C=O) groups is 7. The van der Waals surface area contributed by atoms with Gasteiger partial charge in [0.15, 0.2) is 25.9 Å². The van der Waals surface area contributed by atoms with E-state index < -0.39 is 83.8 Å². The van der Waals surface area contributed by atoms with Gasteiger partial charge in [0.05, 0.1) is 67.9 Å². The lowest BCUT2D eigenvalue weighted by molar-refractivity contribution is -0.150. The lowest BCUT2D eigenvalue weighted by atomic mass is 9.73. The summed E-state index contributed by atoms with van der Waals surface area (Å²) < 4.78 is 60.9. The SMILES string of the molecule is C.C.C.CCCCC[C@H](O)CC[C@@H]1[C@H]2Cc3cccc(OCC(=O)NC(CO)C(=O)O)c3C[C@H]2C[C@H]1O.CCCCC[C@H](O)CC[C@@H]1[C@H]2Cc3cccc(OCC(=O)NC(CO)C(=O)OCc4ccccc4)c3C[C@H]2C[C@H]1O.CCCCC[C@H](O)CC[C@@H]1[C@H]2Cc3cccc(OCC(=O)O)c3C[C@H]2C[C@H]1O.CCOC(C)=O.N[C@@H](CO)C(=O)OCc1ccccc1.O=S(=O)(O)c1ccccc1. The molecule has 760 valence electrons. The molecule has 0 heterocycles. The van der Waals surface area contributed by atoms with E-state index in [0.717, 1.165) is 207 Å². The van der Waals surface area contributed by atoms with Crippen molar-refractivity contribution in [3.8, 4) is 17.2 Å². The van der Waals surface area contributed by atoms with Gasteiger partial charge in [0, 0.05) is 6.92 Å². The Morgan fingerprint density at radius 3 is 1.06 bits per heavy atom. The molecule has 2 unspecified atom stereocenters. The maximum atomic E-state index is 12.6. The number of hydrogen-bond donors (Lipinski definition) is 15. The first-order chi connectivity index (χ1) is 63.8. The van der Waals surface area contributed by atoms with E-state index in [0.29, 0.717) is 59.4 Å². The minimum absolute atomic E-state index is 0. The first-order valence-corrected chi connectivity index (χ1v) is 48.7. The summed E-state index contributed by atoms with van der Waals surface area (Å²) in [6.07, 6.45) is 22.6. The van der Waals surface area contributed by atoms with E-state index in [1.54, 1.807) is 25.1 Å². The van der Waals surface area contributed by atoms with Crippen LogP contribution in [-0.4, -0.2) is 212 Å². The quantitative estimate of drug-likeness (QED) is 0.00731. The molecule has 6 aliphatic rings. The Morgan fingerprint density at radius 2 is 0.765 bits per heavy atom. The van der Waals surface area contributed by atoms with Crippen molar-refractivity contribution in [2.45, 2.75) is 303 Å². The molecule has 6 aromatic rings. The average Bonchev–Trinajstić information content (AvgIpc) is 1.62. The van der Waals surface area contributed by atoms with Crippen molar-refractivity contribution in [1.29, 1.82) is 0 Å². The molecule has 30 nitrogen and oxygen atoms in total. The number of unbranched alkanes of at least 4 members (excludes halogenated alkanes) is 6.